The van der Waals surface area contributed by atoms with E-state index in [4.69, 9.17) is 11.6 Å². The number of carbonyl (C=O) groups excluding carboxylic acids is 1. The first-order chi connectivity index (χ1) is 10.5. The smallest absolute Gasteiger partial charge is 0.274 e. The van der Waals surface area contributed by atoms with Crippen molar-refractivity contribution in [3.8, 4) is 11.3 Å². The van der Waals surface area contributed by atoms with Crippen molar-refractivity contribution in [2.75, 3.05) is 5.32 Å². The molecule has 6 nitrogen and oxygen atoms in total. The Bertz CT molecular complexity index is 836. The summed E-state index contributed by atoms with van der Waals surface area (Å²) in [6.07, 6.45) is 3.31. The second kappa shape index (κ2) is 5.65. The number of aromatic nitrogens is 4. The molecule has 0 unspecified atom stereocenters. The van der Waals surface area contributed by atoms with Gasteiger partial charge in [-0.15, -0.1) is 0 Å². The van der Waals surface area contributed by atoms with Crippen molar-refractivity contribution in [1.29, 1.82) is 0 Å². The third kappa shape index (κ3) is 2.73. The highest BCUT2D eigenvalue weighted by molar-refractivity contribution is 6.33. The maximum absolute atomic E-state index is 12.3. The molecule has 22 heavy (non-hydrogen) atoms. The molecule has 0 bridgehead atoms. The van der Waals surface area contributed by atoms with Gasteiger partial charge in [0.05, 0.1) is 22.6 Å². The van der Waals surface area contributed by atoms with Crippen LogP contribution in [0.2, 0.25) is 5.02 Å². The number of hydrogen-bond acceptors (Lipinski definition) is 3. The third-order valence-corrected chi connectivity index (χ3v) is 3.55. The lowest BCUT2D eigenvalue weighted by molar-refractivity contribution is 0.101. The summed E-state index contributed by atoms with van der Waals surface area (Å²) in [6.45, 7) is 0. The molecule has 1 aromatic carbocycles. The standard InChI is InChI=1S/C15H14ClN5O/c1-20-9-10(8-17-20)18-15(22)14-7-13(19-21(14)2)11-5-3-4-6-12(11)16/h3-9H,1-2H3,(H,18,22). The molecule has 0 atom stereocenters. The Morgan fingerprint density at radius 1 is 1.27 bits per heavy atom. The molecular formula is C15H14ClN5O. The van der Waals surface area contributed by atoms with E-state index in [1.165, 1.54) is 4.68 Å². The summed E-state index contributed by atoms with van der Waals surface area (Å²) in [5.41, 5.74) is 2.52. The fraction of sp³-hybridized carbons (Fsp3) is 0.133. The number of benzene rings is 1. The van der Waals surface area contributed by atoms with Crippen LogP contribution >= 0.6 is 11.6 Å². The molecule has 0 aliphatic rings. The molecule has 0 aliphatic heterocycles. The highest BCUT2D eigenvalue weighted by Crippen LogP contribution is 2.27. The Labute approximate surface area is 132 Å². The molecule has 0 saturated carbocycles. The minimum atomic E-state index is -0.249. The van der Waals surface area contributed by atoms with Gasteiger partial charge < -0.3 is 5.32 Å². The average molecular weight is 316 g/mol. The van der Waals surface area contributed by atoms with Gasteiger partial charge in [-0.1, -0.05) is 29.8 Å². The number of halogens is 1. The van der Waals surface area contributed by atoms with Crippen LogP contribution in [0.25, 0.3) is 11.3 Å². The first-order valence-corrected chi connectivity index (χ1v) is 7.01. The Morgan fingerprint density at radius 3 is 2.73 bits per heavy atom. The van der Waals surface area contributed by atoms with Crippen molar-refractivity contribution in [1.82, 2.24) is 19.6 Å². The number of nitrogens with zero attached hydrogens (tertiary/aromatic N) is 4. The van der Waals surface area contributed by atoms with E-state index in [-0.39, 0.29) is 5.91 Å². The molecule has 3 rings (SSSR count). The van der Waals surface area contributed by atoms with Crippen LogP contribution in [0.4, 0.5) is 5.69 Å². The zero-order chi connectivity index (χ0) is 15.7. The van der Waals surface area contributed by atoms with Crippen molar-refractivity contribution in [3.63, 3.8) is 0 Å². The summed E-state index contributed by atoms with van der Waals surface area (Å²) in [4.78, 5) is 12.3. The molecule has 0 radical (unpaired) electrons. The Morgan fingerprint density at radius 2 is 2.05 bits per heavy atom. The minimum absolute atomic E-state index is 0.249. The van der Waals surface area contributed by atoms with E-state index in [1.54, 1.807) is 43.3 Å². The molecule has 1 N–H and O–H groups in total. The Balaban J connectivity index is 1.89. The Kier molecular flexibility index (Phi) is 3.68. The van der Waals surface area contributed by atoms with Crippen LogP contribution < -0.4 is 5.32 Å². The van der Waals surface area contributed by atoms with E-state index in [1.807, 2.05) is 18.2 Å². The first-order valence-electron chi connectivity index (χ1n) is 6.63. The topological polar surface area (TPSA) is 64.7 Å². The van der Waals surface area contributed by atoms with Gasteiger partial charge in [0, 0.05) is 25.9 Å². The minimum Gasteiger partial charge on any atom is -0.318 e. The molecule has 1 amide bonds. The van der Waals surface area contributed by atoms with E-state index in [0.29, 0.717) is 22.1 Å². The van der Waals surface area contributed by atoms with Crippen LogP contribution in [0.15, 0.2) is 42.7 Å². The van der Waals surface area contributed by atoms with Gasteiger partial charge >= 0.3 is 0 Å². The Hall–Kier alpha value is -2.60. The van der Waals surface area contributed by atoms with Crippen LogP contribution in [-0.2, 0) is 14.1 Å². The van der Waals surface area contributed by atoms with E-state index < -0.39 is 0 Å². The van der Waals surface area contributed by atoms with E-state index in [9.17, 15) is 4.79 Å². The lowest BCUT2D eigenvalue weighted by atomic mass is 10.1. The molecule has 0 aliphatic carbocycles. The largest absolute Gasteiger partial charge is 0.318 e. The number of carbonyl (C=O) groups is 1. The number of rotatable bonds is 3. The van der Waals surface area contributed by atoms with Crippen LogP contribution in [0.3, 0.4) is 0 Å². The fourth-order valence-corrected chi connectivity index (χ4v) is 2.39. The highest BCUT2D eigenvalue weighted by Gasteiger charge is 2.16. The van der Waals surface area contributed by atoms with Crippen LogP contribution in [-0.4, -0.2) is 25.5 Å². The molecule has 112 valence electrons. The first kappa shape index (κ1) is 14.3. The van der Waals surface area contributed by atoms with Gasteiger partial charge in [-0.25, -0.2) is 0 Å². The van der Waals surface area contributed by atoms with Gasteiger partial charge in [0.25, 0.3) is 5.91 Å². The zero-order valence-electron chi connectivity index (χ0n) is 12.1. The number of anilines is 1. The van der Waals surface area contributed by atoms with Gasteiger partial charge in [0.15, 0.2) is 0 Å². The molecule has 2 aromatic heterocycles. The summed E-state index contributed by atoms with van der Waals surface area (Å²) in [5, 5.41) is 11.8. The molecule has 7 heteroatoms. The van der Waals surface area contributed by atoms with Crippen LogP contribution in [0.5, 0.6) is 0 Å². The lowest BCUT2D eigenvalue weighted by Gasteiger charge is -2.01. The molecule has 0 spiro atoms. The second-order valence-corrected chi connectivity index (χ2v) is 5.28. The average Bonchev–Trinajstić information content (AvgIpc) is 3.05. The normalized spacial score (nSPS) is 10.7. The van der Waals surface area contributed by atoms with Crippen molar-refractivity contribution in [3.05, 3.63) is 53.4 Å². The molecule has 3 aromatic rings. The van der Waals surface area contributed by atoms with Crippen molar-refractivity contribution in [2.45, 2.75) is 0 Å². The van der Waals surface area contributed by atoms with Crippen LogP contribution in [0, 0.1) is 0 Å². The molecule has 0 fully saturated rings. The van der Waals surface area contributed by atoms with Crippen molar-refractivity contribution in [2.24, 2.45) is 14.1 Å². The third-order valence-electron chi connectivity index (χ3n) is 3.23. The number of nitrogens with one attached hydrogen (secondary N) is 1. The van der Waals surface area contributed by atoms with E-state index >= 15 is 0 Å². The van der Waals surface area contributed by atoms with Gasteiger partial charge in [0.1, 0.15) is 5.69 Å². The van der Waals surface area contributed by atoms with E-state index in [0.717, 1.165) is 5.56 Å². The summed E-state index contributed by atoms with van der Waals surface area (Å²) in [6, 6.07) is 9.11. The maximum atomic E-state index is 12.3. The van der Waals surface area contributed by atoms with Gasteiger partial charge in [-0.05, 0) is 12.1 Å². The number of aryl methyl sites for hydroxylation is 2. The predicted octanol–water partition coefficient (Wildman–Crippen LogP) is 2.73. The lowest BCUT2D eigenvalue weighted by Crippen LogP contribution is -2.15. The molecule has 2 heterocycles. The summed E-state index contributed by atoms with van der Waals surface area (Å²) in [7, 11) is 3.51. The van der Waals surface area contributed by atoms with Gasteiger partial charge in [-0.2, -0.15) is 10.2 Å². The predicted molar refractivity (Wildman–Crippen MR) is 84.8 cm³/mol. The summed E-state index contributed by atoms with van der Waals surface area (Å²) in [5.74, 6) is -0.249. The highest BCUT2D eigenvalue weighted by atomic mass is 35.5. The second-order valence-electron chi connectivity index (χ2n) is 4.88. The SMILES string of the molecule is Cn1cc(NC(=O)c2cc(-c3ccccc3Cl)nn2C)cn1. The number of amides is 1. The molecule has 0 saturated heterocycles. The summed E-state index contributed by atoms with van der Waals surface area (Å²) >= 11 is 6.17. The summed E-state index contributed by atoms with van der Waals surface area (Å²) < 4.78 is 3.15. The van der Waals surface area contributed by atoms with Crippen molar-refractivity contribution < 1.29 is 4.79 Å². The maximum Gasteiger partial charge on any atom is 0.274 e. The van der Waals surface area contributed by atoms with Crippen LogP contribution in [0.1, 0.15) is 10.5 Å². The van der Waals surface area contributed by atoms with E-state index in [2.05, 4.69) is 15.5 Å². The molecular weight excluding hydrogens is 302 g/mol. The fourth-order valence-electron chi connectivity index (χ4n) is 2.16. The van der Waals surface area contributed by atoms with Gasteiger partial charge in [0.2, 0.25) is 0 Å². The van der Waals surface area contributed by atoms with Crippen molar-refractivity contribution >= 4 is 23.2 Å². The monoisotopic (exact) mass is 315 g/mol. The van der Waals surface area contributed by atoms with Gasteiger partial charge in [-0.3, -0.25) is 14.2 Å². The zero-order valence-corrected chi connectivity index (χ0v) is 12.9. The number of hydrogen-bond donors (Lipinski definition) is 1. The quantitative estimate of drug-likeness (QED) is 0.808.